The molecule has 0 saturated heterocycles. The summed E-state index contributed by atoms with van der Waals surface area (Å²) in [5.41, 5.74) is 1.26. The molecule has 2 rings (SSSR count). The van der Waals surface area contributed by atoms with Crippen LogP contribution in [0.25, 0.3) is 0 Å². The third-order valence-corrected chi connectivity index (χ3v) is 3.35. The number of rotatable bonds is 6. The van der Waals surface area contributed by atoms with Crippen LogP contribution in [-0.4, -0.2) is 40.9 Å². The molecule has 0 heterocycles. The lowest BCUT2D eigenvalue weighted by atomic mass is 10.1. The summed E-state index contributed by atoms with van der Waals surface area (Å²) < 4.78 is 14.0. The molecule has 0 unspecified atom stereocenters. The van der Waals surface area contributed by atoms with Crippen molar-refractivity contribution in [1.29, 1.82) is 0 Å². The molecule has 1 aliphatic rings. The lowest BCUT2D eigenvalue weighted by Crippen LogP contribution is -2.29. The Labute approximate surface area is 119 Å². The Kier molecular flexibility index (Phi) is 5.54. The standard InChI is InChI=1S/C16H20FNO2/c17-16-11-13(3-1-2-9-19)4-5-14(16)12-18(8-10-20)15-6-7-15/h4-5,11,15,19-20H,2,6-10,12H2. The summed E-state index contributed by atoms with van der Waals surface area (Å²) >= 11 is 0. The second-order valence-electron chi connectivity index (χ2n) is 5.01. The highest BCUT2D eigenvalue weighted by atomic mass is 19.1. The molecule has 1 saturated carbocycles. The Hall–Kier alpha value is -1.41. The van der Waals surface area contributed by atoms with E-state index in [0.717, 1.165) is 12.8 Å². The van der Waals surface area contributed by atoms with Crippen LogP contribution in [0.4, 0.5) is 4.39 Å². The Morgan fingerprint density at radius 2 is 2.05 bits per heavy atom. The Bertz CT molecular complexity index is 503. The number of aliphatic hydroxyl groups is 2. The maximum absolute atomic E-state index is 14.0. The van der Waals surface area contributed by atoms with Crippen molar-refractivity contribution in [1.82, 2.24) is 4.90 Å². The van der Waals surface area contributed by atoms with Crippen LogP contribution in [0.2, 0.25) is 0 Å². The van der Waals surface area contributed by atoms with Gasteiger partial charge in [0.2, 0.25) is 0 Å². The average molecular weight is 277 g/mol. The Balaban J connectivity index is 2.03. The predicted octanol–water partition coefficient (Wildman–Crippen LogP) is 1.52. The normalized spacial score (nSPS) is 14.2. The predicted molar refractivity (Wildman–Crippen MR) is 75.5 cm³/mol. The number of hydrogen-bond acceptors (Lipinski definition) is 3. The molecule has 3 nitrogen and oxygen atoms in total. The van der Waals surface area contributed by atoms with Crippen LogP contribution < -0.4 is 0 Å². The van der Waals surface area contributed by atoms with E-state index in [0.29, 0.717) is 36.7 Å². The summed E-state index contributed by atoms with van der Waals surface area (Å²) in [6, 6.07) is 5.48. The molecule has 1 aromatic carbocycles. The minimum atomic E-state index is -0.260. The van der Waals surface area contributed by atoms with Crippen molar-refractivity contribution in [2.75, 3.05) is 19.8 Å². The minimum Gasteiger partial charge on any atom is -0.395 e. The zero-order valence-corrected chi connectivity index (χ0v) is 11.5. The molecule has 0 radical (unpaired) electrons. The lowest BCUT2D eigenvalue weighted by molar-refractivity contribution is 0.182. The van der Waals surface area contributed by atoms with Crippen molar-refractivity contribution in [3.8, 4) is 11.8 Å². The SMILES string of the molecule is OCCC#Cc1ccc(CN(CCO)C2CC2)c(F)c1. The molecule has 0 aromatic heterocycles. The Morgan fingerprint density at radius 3 is 2.65 bits per heavy atom. The molecule has 0 atom stereocenters. The molecule has 1 aliphatic carbocycles. The Morgan fingerprint density at radius 1 is 1.25 bits per heavy atom. The molecule has 0 aliphatic heterocycles. The van der Waals surface area contributed by atoms with Gasteiger partial charge in [0.25, 0.3) is 0 Å². The van der Waals surface area contributed by atoms with Gasteiger partial charge in [0, 0.05) is 36.7 Å². The molecule has 1 fully saturated rings. The first-order chi connectivity index (χ1) is 9.74. The number of aliphatic hydroxyl groups excluding tert-OH is 2. The lowest BCUT2D eigenvalue weighted by Gasteiger charge is -2.21. The molecule has 108 valence electrons. The van der Waals surface area contributed by atoms with Crippen LogP contribution in [-0.2, 0) is 6.54 Å². The monoisotopic (exact) mass is 277 g/mol. The van der Waals surface area contributed by atoms with Crippen LogP contribution in [0.15, 0.2) is 18.2 Å². The number of hydrogen-bond donors (Lipinski definition) is 2. The van der Waals surface area contributed by atoms with Gasteiger partial charge < -0.3 is 10.2 Å². The van der Waals surface area contributed by atoms with E-state index < -0.39 is 0 Å². The fourth-order valence-corrected chi connectivity index (χ4v) is 2.15. The highest BCUT2D eigenvalue weighted by Gasteiger charge is 2.28. The highest BCUT2D eigenvalue weighted by molar-refractivity contribution is 5.37. The van der Waals surface area contributed by atoms with E-state index >= 15 is 0 Å². The van der Waals surface area contributed by atoms with Gasteiger partial charge in [-0.05, 0) is 25.0 Å². The molecule has 2 N–H and O–H groups in total. The van der Waals surface area contributed by atoms with Crippen molar-refractivity contribution < 1.29 is 14.6 Å². The first kappa shape index (κ1) is 15.0. The largest absolute Gasteiger partial charge is 0.395 e. The zero-order valence-electron chi connectivity index (χ0n) is 11.5. The molecule has 1 aromatic rings. The number of benzene rings is 1. The van der Waals surface area contributed by atoms with Crippen molar-refractivity contribution >= 4 is 0 Å². The van der Waals surface area contributed by atoms with Gasteiger partial charge in [0.15, 0.2) is 0 Å². The summed E-state index contributed by atoms with van der Waals surface area (Å²) in [7, 11) is 0. The van der Waals surface area contributed by atoms with Crippen molar-refractivity contribution in [2.24, 2.45) is 0 Å². The van der Waals surface area contributed by atoms with Crippen LogP contribution in [0.3, 0.4) is 0 Å². The second kappa shape index (κ2) is 7.39. The smallest absolute Gasteiger partial charge is 0.128 e. The van der Waals surface area contributed by atoms with Crippen molar-refractivity contribution in [3.63, 3.8) is 0 Å². The van der Waals surface area contributed by atoms with Gasteiger partial charge in [0.05, 0.1) is 13.2 Å². The summed E-state index contributed by atoms with van der Waals surface area (Å²) in [5.74, 6) is 5.34. The van der Waals surface area contributed by atoms with Crippen molar-refractivity contribution in [3.05, 3.63) is 35.1 Å². The van der Waals surface area contributed by atoms with Crippen molar-refractivity contribution in [2.45, 2.75) is 31.8 Å². The van der Waals surface area contributed by atoms with Gasteiger partial charge in [0.1, 0.15) is 5.82 Å². The van der Waals surface area contributed by atoms with Crippen LogP contribution >= 0.6 is 0 Å². The summed E-state index contributed by atoms with van der Waals surface area (Å²) in [6.45, 7) is 1.23. The molecule has 4 heteroatoms. The van der Waals surface area contributed by atoms with Gasteiger partial charge >= 0.3 is 0 Å². The molecular formula is C16H20FNO2. The van der Waals surface area contributed by atoms with Gasteiger partial charge in [-0.15, -0.1) is 0 Å². The van der Waals surface area contributed by atoms with Gasteiger partial charge in [-0.1, -0.05) is 17.9 Å². The topological polar surface area (TPSA) is 43.7 Å². The summed E-state index contributed by atoms with van der Waals surface area (Å²) in [4.78, 5) is 2.12. The van der Waals surface area contributed by atoms with E-state index in [1.165, 1.54) is 6.07 Å². The van der Waals surface area contributed by atoms with Gasteiger partial charge in [-0.3, -0.25) is 4.90 Å². The van der Waals surface area contributed by atoms with E-state index in [1.807, 2.05) is 0 Å². The average Bonchev–Trinajstić information content (AvgIpc) is 3.25. The fraction of sp³-hybridized carbons (Fsp3) is 0.500. The first-order valence-electron chi connectivity index (χ1n) is 6.97. The first-order valence-corrected chi connectivity index (χ1v) is 6.97. The van der Waals surface area contributed by atoms with E-state index in [1.54, 1.807) is 12.1 Å². The fourth-order valence-electron chi connectivity index (χ4n) is 2.15. The maximum Gasteiger partial charge on any atom is 0.128 e. The molecular weight excluding hydrogens is 257 g/mol. The molecule has 0 amide bonds. The quantitative estimate of drug-likeness (QED) is 0.775. The second-order valence-corrected chi connectivity index (χ2v) is 5.01. The summed E-state index contributed by atoms with van der Waals surface area (Å²) in [5, 5.41) is 17.7. The van der Waals surface area contributed by atoms with E-state index in [9.17, 15) is 4.39 Å². The number of nitrogens with zero attached hydrogens (tertiary/aromatic N) is 1. The van der Waals surface area contributed by atoms with E-state index in [-0.39, 0.29) is 19.0 Å². The third kappa shape index (κ3) is 4.31. The van der Waals surface area contributed by atoms with E-state index in [2.05, 4.69) is 16.7 Å². The molecule has 0 spiro atoms. The molecule has 20 heavy (non-hydrogen) atoms. The van der Waals surface area contributed by atoms with Gasteiger partial charge in [-0.25, -0.2) is 4.39 Å². The van der Waals surface area contributed by atoms with Gasteiger partial charge in [-0.2, -0.15) is 0 Å². The third-order valence-electron chi connectivity index (χ3n) is 3.35. The maximum atomic E-state index is 14.0. The zero-order chi connectivity index (χ0) is 14.4. The number of halogens is 1. The van der Waals surface area contributed by atoms with Crippen LogP contribution in [0.5, 0.6) is 0 Å². The van der Waals surface area contributed by atoms with Crippen LogP contribution in [0.1, 0.15) is 30.4 Å². The summed E-state index contributed by atoms with van der Waals surface area (Å²) in [6.07, 6.45) is 2.66. The van der Waals surface area contributed by atoms with Crippen LogP contribution in [0, 0.1) is 17.7 Å². The highest BCUT2D eigenvalue weighted by Crippen LogP contribution is 2.28. The molecule has 0 bridgehead atoms. The minimum absolute atomic E-state index is 0.0189. The van der Waals surface area contributed by atoms with E-state index in [4.69, 9.17) is 10.2 Å².